The summed E-state index contributed by atoms with van der Waals surface area (Å²) in [7, 11) is 0. The van der Waals surface area contributed by atoms with Gasteiger partial charge < -0.3 is 14.4 Å². The Kier molecular flexibility index (Phi) is 6.01. The monoisotopic (exact) mass is 407 g/mol. The Hall–Kier alpha value is -3.08. The highest BCUT2D eigenvalue weighted by Gasteiger charge is 2.31. The molecule has 0 radical (unpaired) electrons. The lowest BCUT2D eigenvalue weighted by Crippen LogP contribution is -2.25. The van der Waals surface area contributed by atoms with Gasteiger partial charge in [-0.25, -0.2) is 0 Å². The van der Waals surface area contributed by atoms with Crippen molar-refractivity contribution in [2.75, 3.05) is 18.0 Å². The summed E-state index contributed by atoms with van der Waals surface area (Å²) in [6, 6.07) is 11.3. The van der Waals surface area contributed by atoms with Crippen LogP contribution in [0.5, 0.6) is 11.5 Å². The molecule has 0 aliphatic carbocycles. The third-order valence-corrected chi connectivity index (χ3v) is 5.09. The molecule has 2 aromatic carbocycles. The second kappa shape index (κ2) is 8.34. The first-order chi connectivity index (χ1) is 14.1. The summed E-state index contributed by atoms with van der Waals surface area (Å²) in [6.45, 7) is 13.3. The summed E-state index contributed by atoms with van der Waals surface area (Å²) in [5.41, 5.74) is 2.64. The molecule has 0 N–H and O–H groups in total. The quantitative estimate of drug-likeness (QED) is 0.377. The molecule has 0 saturated carbocycles. The first-order valence-corrected chi connectivity index (χ1v) is 10.3. The zero-order valence-electron chi connectivity index (χ0n) is 18.5. The number of ketones is 1. The standard InChI is InChI=1S/C25H29NO4/c1-7-26(8-2)18-11-9-17(10-12-18)14-21-23(27)22-16(3)13-19(15-20(22)30-21)29-24(28)25(4,5)6/h9-15H,7-8H2,1-6H3/b21-14-. The molecular formula is C25H29NO4. The van der Waals surface area contributed by atoms with Gasteiger partial charge in [0.25, 0.3) is 0 Å². The minimum absolute atomic E-state index is 0.163. The van der Waals surface area contributed by atoms with Gasteiger partial charge in [0.05, 0.1) is 11.0 Å². The number of hydrogen-bond donors (Lipinski definition) is 0. The van der Waals surface area contributed by atoms with E-state index >= 15 is 0 Å². The van der Waals surface area contributed by atoms with Crippen LogP contribution >= 0.6 is 0 Å². The number of rotatable bonds is 5. The van der Waals surface area contributed by atoms with Gasteiger partial charge in [-0.15, -0.1) is 0 Å². The van der Waals surface area contributed by atoms with Crippen molar-refractivity contribution in [3.8, 4) is 11.5 Å². The highest BCUT2D eigenvalue weighted by Crippen LogP contribution is 2.38. The number of nitrogens with zero attached hydrogens (tertiary/aromatic N) is 1. The molecule has 0 saturated heterocycles. The summed E-state index contributed by atoms with van der Waals surface area (Å²) in [5, 5.41) is 0. The van der Waals surface area contributed by atoms with Crippen molar-refractivity contribution in [1.29, 1.82) is 0 Å². The Balaban J connectivity index is 1.84. The van der Waals surface area contributed by atoms with Crippen molar-refractivity contribution < 1.29 is 19.1 Å². The zero-order chi connectivity index (χ0) is 22.1. The van der Waals surface area contributed by atoms with Gasteiger partial charge in [-0.1, -0.05) is 12.1 Å². The molecule has 158 valence electrons. The van der Waals surface area contributed by atoms with E-state index in [2.05, 4.69) is 18.7 Å². The van der Waals surface area contributed by atoms with Crippen LogP contribution in [0, 0.1) is 12.3 Å². The Morgan fingerprint density at radius 2 is 1.73 bits per heavy atom. The topological polar surface area (TPSA) is 55.8 Å². The van der Waals surface area contributed by atoms with Gasteiger partial charge in [0.15, 0.2) is 5.76 Å². The number of Topliss-reactive ketones (excluding diaryl/α,β-unsaturated/α-hetero) is 1. The predicted molar refractivity (Wildman–Crippen MR) is 119 cm³/mol. The number of hydrogen-bond acceptors (Lipinski definition) is 5. The molecule has 30 heavy (non-hydrogen) atoms. The maximum Gasteiger partial charge on any atom is 0.316 e. The van der Waals surface area contributed by atoms with Gasteiger partial charge in [0.1, 0.15) is 11.5 Å². The van der Waals surface area contributed by atoms with E-state index in [9.17, 15) is 9.59 Å². The van der Waals surface area contributed by atoms with E-state index in [1.165, 1.54) is 0 Å². The number of anilines is 1. The molecule has 0 unspecified atom stereocenters. The lowest BCUT2D eigenvalue weighted by atomic mass is 9.97. The first kappa shape index (κ1) is 21.6. The third kappa shape index (κ3) is 4.40. The number of ether oxygens (including phenoxy) is 2. The number of carbonyl (C=O) groups is 2. The van der Waals surface area contributed by atoms with Gasteiger partial charge >= 0.3 is 5.97 Å². The highest BCUT2D eigenvalue weighted by atomic mass is 16.5. The maximum absolute atomic E-state index is 12.9. The molecule has 0 atom stereocenters. The molecule has 3 rings (SSSR count). The molecule has 0 bridgehead atoms. The van der Waals surface area contributed by atoms with Crippen molar-refractivity contribution in [3.05, 3.63) is 58.8 Å². The molecule has 0 spiro atoms. The number of aryl methyl sites for hydroxylation is 1. The first-order valence-electron chi connectivity index (χ1n) is 10.3. The van der Waals surface area contributed by atoms with Gasteiger partial charge in [0.2, 0.25) is 5.78 Å². The van der Waals surface area contributed by atoms with E-state index in [1.54, 1.807) is 39.0 Å². The number of allylic oxidation sites excluding steroid dienone is 1. The molecule has 2 aromatic rings. The molecule has 1 heterocycles. The molecule has 1 aliphatic rings. The number of esters is 1. The molecular weight excluding hydrogens is 378 g/mol. The van der Waals surface area contributed by atoms with Crippen molar-refractivity contribution >= 4 is 23.5 Å². The van der Waals surface area contributed by atoms with Crippen LogP contribution in [0.25, 0.3) is 6.08 Å². The van der Waals surface area contributed by atoms with Crippen LogP contribution in [0.3, 0.4) is 0 Å². The molecule has 5 heteroatoms. The van der Waals surface area contributed by atoms with Gasteiger partial charge in [-0.05, 0) is 76.9 Å². The number of carbonyl (C=O) groups excluding carboxylic acids is 2. The Labute approximate surface area is 178 Å². The minimum atomic E-state index is -0.619. The van der Waals surface area contributed by atoms with Crippen molar-refractivity contribution in [1.82, 2.24) is 0 Å². The fourth-order valence-corrected chi connectivity index (χ4v) is 3.32. The average Bonchev–Trinajstić information content (AvgIpc) is 2.99. The van der Waals surface area contributed by atoms with Gasteiger partial charge in [0, 0.05) is 24.8 Å². The summed E-state index contributed by atoms with van der Waals surface area (Å²) >= 11 is 0. The van der Waals surface area contributed by atoms with Gasteiger partial charge in [-0.3, -0.25) is 9.59 Å². The molecule has 1 aliphatic heterocycles. The molecule has 0 fully saturated rings. The third-order valence-electron chi connectivity index (χ3n) is 5.09. The summed E-state index contributed by atoms with van der Waals surface area (Å²) in [6.07, 6.45) is 1.74. The summed E-state index contributed by atoms with van der Waals surface area (Å²) in [4.78, 5) is 27.3. The van der Waals surface area contributed by atoms with E-state index in [0.29, 0.717) is 17.1 Å². The molecule has 0 amide bonds. The SMILES string of the molecule is CCN(CC)c1ccc(/C=C2\Oc3cc(OC(=O)C(C)(C)C)cc(C)c3C2=O)cc1. The molecule has 0 aromatic heterocycles. The lowest BCUT2D eigenvalue weighted by molar-refractivity contribution is -0.143. The van der Waals surface area contributed by atoms with Crippen molar-refractivity contribution in [2.24, 2.45) is 5.41 Å². The smallest absolute Gasteiger partial charge is 0.316 e. The summed E-state index contributed by atoms with van der Waals surface area (Å²) < 4.78 is 11.3. The van der Waals surface area contributed by atoms with E-state index in [-0.39, 0.29) is 17.5 Å². The number of fused-ring (bicyclic) bond motifs is 1. The van der Waals surface area contributed by atoms with Crippen molar-refractivity contribution in [3.63, 3.8) is 0 Å². The largest absolute Gasteiger partial charge is 0.452 e. The van der Waals surface area contributed by atoms with Crippen LogP contribution in [0.2, 0.25) is 0 Å². The highest BCUT2D eigenvalue weighted by molar-refractivity contribution is 6.15. The lowest BCUT2D eigenvalue weighted by Gasteiger charge is -2.20. The minimum Gasteiger partial charge on any atom is -0.452 e. The van der Waals surface area contributed by atoms with Crippen LogP contribution in [-0.4, -0.2) is 24.8 Å². The van der Waals surface area contributed by atoms with E-state index in [1.807, 2.05) is 31.2 Å². The Morgan fingerprint density at radius 1 is 1.10 bits per heavy atom. The zero-order valence-corrected chi connectivity index (χ0v) is 18.5. The Bertz CT molecular complexity index is 993. The van der Waals surface area contributed by atoms with Crippen LogP contribution in [-0.2, 0) is 4.79 Å². The predicted octanol–water partition coefficient (Wildman–Crippen LogP) is 5.41. The van der Waals surface area contributed by atoms with E-state index < -0.39 is 5.41 Å². The van der Waals surface area contributed by atoms with E-state index in [0.717, 1.165) is 29.9 Å². The van der Waals surface area contributed by atoms with E-state index in [4.69, 9.17) is 9.47 Å². The fraction of sp³-hybridized carbons (Fsp3) is 0.360. The van der Waals surface area contributed by atoms with Crippen LogP contribution in [0.15, 0.2) is 42.2 Å². The van der Waals surface area contributed by atoms with Crippen LogP contribution < -0.4 is 14.4 Å². The second-order valence-corrected chi connectivity index (χ2v) is 8.46. The van der Waals surface area contributed by atoms with Crippen LogP contribution in [0.1, 0.15) is 56.1 Å². The average molecular weight is 408 g/mol. The fourth-order valence-electron chi connectivity index (χ4n) is 3.32. The normalized spacial score (nSPS) is 14.5. The second-order valence-electron chi connectivity index (χ2n) is 8.46. The van der Waals surface area contributed by atoms with Crippen LogP contribution in [0.4, 0.5) is 5.69 Å². The summed E-state index contributed by atoms with van der Waals surface area (Å²) in [5.74, 6) is 0.564. The maximum atomic E-state index is 12.9. The van der Waals surface area contributed by atoms with Gasteiger partial charge in [-0.2, -0.15) is 0 Å². The Morgan fingerprint density at radius 3 is 2.30 bits per heavy atom. The van der Waals surface area contributed by atoms with Crippen molar-refractivity contribution in [2.45, 2.75) is 41.5 Å². The molecule has 5 nitrogen and oxygen atoms in total. The number of benzene rings is 2.